The van der Waals surface area contributed by atoms with Crippen molar-refractivity contribution in [1.29, 1.82) is 0 Å². The van der Waals surface area contributed by atoms with E-state index in [0.29, 0.717) is 5.92 Å². The molecule has 1 aromatic rings. The third-order valence-corrected chi connectivity index (χ3v) is 3.19. The molecule has 1 atom stereocenters. The normalized spacial score (nSPS) is 25.1. The molecule has 2 N–H and O–H groups in total. The smallest absolute Gasteiger partial charge is 0.125 e. The van der Waals surface area contributed by atoms with Crippen LogP contribution in [0.2, 0.25) is 0 Å². The van der Waals surface area contributed by atoms with E-state index in [0.717, 1.165) is 18.7 Å². The van der Waals surface area contributed by atoms with Crippen molar-refractivity contribution in [3.05, 3.63) is 22.8 Å². The Morgan fingerprint density at radius 1 is 1.21 bits per heavy atom. The maximum atomic E-state index is 6.08. The predicted octanol–water partition coefficient (Wildman–Crippen LogP) is 1.61. The van der Waals surface area contributed by atoms with Crippen LogP contribution >= 0.6 is 0 Å². The van der Waals surface area contributed by atoms with Gasteiger partial charge in [-0.25, -0.2) is 9.97 Å². The van der Waals surface area contributed by atoms with E-state index in [-0.39, 0.29) is 6.04 Å². The van der Waals surface area contributed by atoms with Gasteiger partial charge in [0.05, 0.1) is 5.69 Å². The van der Waals surface area contributed by atoms with Gasteiger partial charge in [-0.1, -0.05) is 0 Å². The van der Waals surface area contributed by atoms with E-state index in [1.54, 1.807) is 0 Å². The van der Waals surface area contributed by atoms with E-state index in [9.17, 15) is 0 Å². The van der Waals surface area contributed by atoms with Crippen molar-refractivity contribution < 1.29 is 0 Å². The van der Waals surface area contributed by atoms with Crippen molar-refractivity contribution in [2.45, 2.75) is 44.6 Å². The Morgan fingerprint density at radius 3 is 2.71 bits per heavy atom. The van der Waals surface area contributed by atoms with Gasteiger partial charge < -0.3 is 5.73 Å². The minimum absolute atomic E-state index is 0.196. The molecule has 2 aliphatic rings. The maximum absolute atomic E-state index is 6.08. The summed E-state index contributed by atoms with van der Waals surface area (Å²) in [7, 11) is 0. The molecule has 0 amide bonds. The average molecular weight is 189 g/mol. The second-order valence-electron chi connectivity index (χ2n) is 4.44. The van der Waals surface area contributed by atoms with Crippen molar-refractivity contribution in [2.24, 2.45) is 5.73 Å². The van der Waals surface area contributed by atoms with Crippen LogP contribution in [0.15, 0.2) is 0 Å². The van der Waals surface area contributed by atoms with Crippen LogP contribution in [0.3, 0.4) is 0 Å². The van der Waals surface area contributed by atoms with Crippen molar-refractivity contribution in [3.8, 4) is 0 Å². The van der Waals surface area contributed by atoms with Gasteiger partial charge >= 0.3 is 0 Å². The van der Waals surface area contributed by atoms with Gasteiger partial charge in [0, 0.05) is 23.2 Å². The fourth-order valence-electron chi connectivity index (χ4n) is 2.36. The fraction of sp³-hybridized carbons (Fsp3) is 0.636. The van der Waals surface area contributed by atoms with Crippen LogP contribution < -0.4 is 5.73 Å². The van der Waals surface area contributed by atoms with Gasteiger partial charge in [0.25, 0.3) is 0 Å². The Balaban J connectivity index is 2.17. The first-order valence-electron chi connectivity index (χ1n) is 5.38. The number of hydrogen-bond donors (Lipinski definition) is 1. The molecule has 0 bridgehead atoms. The molecule has 1 aromatic heterocycles. The quantitative estimate of drug-likeness (QED) is 0.730. The van der Waals surface area contributed by atoms with E-state index in [2.05, 4.69) is 9.97 Å². The molecule has 0 spiro atoms. The van der Waals surface area contributed by atoms with Crippen molar-refractivity contribution in [1.82, 2.24) is 9.97 Å². The minimum Gasteiger partial charge on any atom is -0.324 e. The van der Waals surface area contributed by atoms with Crippen LogP contribution in [0.5, 0.6) is 0 Å². The molecule has 3 heteroatoms. The van der Waals surface area contributed by atoms with E-state index < -0.39 is 0 Å². The number of aryl methyl sites for hydroxylation is 2. The summed E-state index contributed by atoms with van der Waals surface area (Å²) in [5.74, 6) is 1.61. The van der Waals surface area contributed by atoms with Crippen LogP contribution in [0, 0.1) is 6.92 Å². The average Bonchev–Trinajstić information content (AvgIpc) is 2.92. The number of rotatable bonds is 1. The van der Waals surface area contributed by atoms with E-state index in [1.165, 1.54) is 29.8 Å². The second-order valence-corrected chi connectivity index (χ2v) is 4.44. The molecule has 0 aromatic carbocycles. The summed E-state index contributed by atoms with van der Waals surface area (Å²) in [5.41, 5.74) is 9.84. The number of hydrogen-bond acceptors (Lipinski definition) is 3. The van der Waals surface area contributed by atoms with Crippen molar-refractivity contribution >= 4 is 0 Å². The number of nitrogens with two attached hydrogens (primary N) is 1. The summed E-state index contributed by atoms with van der Waals surface area (Å²) < 4.78 is 0. The minimum atomic E-state index is 0.196. The predicted molar refractivity (Wildman–Crippen MR) is 54.0 cm³/mol. The van der Waals surface area contributed by atoms with Crippen molar-refractivity contribution in [3.63, 3.8) is 0 Å². The Hall–Kier alpha value is -0.960. The van der Waals surface area contributed by atoms with Gasteiger partial charge in [0.1, 0.15) is 5.82 Å². The second kappa shape index (κ2) is 2.76. The van der Waals surface area contributed by atoms with Gasteiger partial charge in [-0.2, -0.15) is 0 Å². The first-order chi connectivity index (χ1) is 6.75. The van der Waals surface area contributed by atoms with E-state index in [1.807, 2.05) is 6.92 Å². The first kappa shape index (κ1) is 8.36. The molecule has 3 nitrogen and oxygen atoms in total. The first-order valence-corrected chi connectivity index (χ1v) is 5.38. The van der Waals surface area contributed by atoms with Crippen LogP contribution in [-0.4, -0.2) is 9.97 Å². The Bertz CT molecular complexity index is 382. The molecule has 0 saturated heterocycles. The number of fused-ring (bicyclic) bond motifs is 1. The van der Waals surface area contributed by atoms with E-state index >= 15 is 0 Å². The van der Waals surface area contributed by atoms with Gasteiger partial charge in [0.15, 0.2) is 0 Å². The zero-order chi connectivity index (χ0) is 9.71. The van der Waals surface area contributed by atoms with Gasteiger partial charge in [-0.05, 0) is 32.6 Å². The summed E-state index contributed by atoms with van der Waals surface area (Å²) >= 11 is 0. The lowest BCUT2D eigenvalue weighted by atomic mass is 10.1. The van der Waals surface area contributed by atoms with Gasteiger partial charge in [0.2, 0.25) is 0 Å². The highest BCUT2D eigenvalue weighted by atomic mass is 14.9. The monoisotopic (exact) mass is 189 g/mol. The van der Waals surface area contributed by atoms with E-state index in [4.69, 9.17) is 5.73 Å². The van der Waals surface area contributed by atoms with Gasteiger partial charge in [-0.15, -0.1) is 0 Å². The molecular formula is C11H15N3. The third kappa shape index (κ3) is 1.16. The lowest BCUT2D eigenvalue weighted by Crippen LogP contribution is -2.11. The lowest BCUT2D eigenvalue weighted by molar-refractivity contribution is 0.702. The molecule has 3 rings (SSSR count). The molecule has 1 unspecified atom stereocenters. The lowest BCUT2D eigenvalue weighted by Gasteiger charge is -2.10. The molecule has 0 radical (unpaired) electrons. The zero-order valence-corrected chi connectivity index (χ0v) is 8.45. The van der Waals surface area contributed by atoms with Crippen LogP contribution in [0.25, 0.3) is 0 Å². The highest BCUT2D eigenvalue weighted by Gasteiger charge is 2.33. The van der Waals surface area contributed by atoms with Crippen LogP contribution in [0.4, 0.5) is 0 Å². The van der Waals surface area contributed by atoms with Crippen LogP contribution in [0.1, 0.15) is 54.0 Å². The topological polar surface area (TPSA) is 51.8 Å². The largest absolute Gasteiger partial charge is 0.324 e. The molecule has 1 heterocycles. The highest BCUT2D eigenvalue weighted by molar-refractivity contribution is 5.37. The number of nitrogens with zero attached hydrogens (tertiary/aromatic N) is 2. The highest BCUT2D eigenvalue weighted by Crippen LogP contribution is 2.44. The molecular weight excluding hydrogens is 174 g/mol. The molecule has 1 fully saturated rings. The SMILES string of the molecule is Cc1nc2c(c(C3CC3)n1)C(N)CC2. The Kier molecular flexibility index (Phi) is 1.65. The summed E-state index contributed by atoms with van der Waals surface area (Å²) in [5, 5.41) is 0. The molecule has 0 aliphatic heterocycles. The summed E-state index contributed by atoms with van der Waals surface area (Å²) in [4.78, 5) is 9.05. The van der Waals surface area contributed by atoms with Crippen molar-refractivity contribution in [2.75, 3.05) is 0 Å². The Morgan fingerprint density at radius 2 is 2.00 bits per heavy atom. The molecule has 14 heavy (non-hydrogen) atoms. The maximum Gasteiger partial charge on any atom is 0.125 e. The zero-order valence-electron chi connectivity index (χ0n) is 8.45. The molecule has 74 valence electrons. The molecule has 1 saturated carbocycles. The standard InChI is InChI=1S/C11H15N3/c1-6-13-9-5-4-8(12)10(9)11(14-6)7-2-3-7/h7-8H,2-5,12H2,1H3. The summed E-state index contributed by atoms with van der Waals surface area (Å²) in [6.07, 6.45) is 4.66. The fourth-order valence-corrected chi connectivity index (χ4v) is 2.36. The van der Waals surface area contributed by atoms with Crippen LogP contribution in [-0.2, 0) is 6.42 Å². The third-order valence-electron chi connectivity index (χ3n) is 3.19. The van der Waals surface area contributed by atoms with Gasteiger partial charge in [-0.3, -0.25) is 0 Å². The Labute approximate surface area is 83.8 Å². The number of aromatic nitrogens is 2. The summed E-state index contributed by atoms with van der Waals surface area (Å²) in [6.45, 7) is 1.98. The molecule has 2 aliphatic carbocycles. The summed E-state index contributed by atoms with van der Waals surface area (Å²) in [6, 6.07) is 0.196.